The molecule has 5 rings (SSSR count). The highest BCUT2D eigenvalue weighted by molar-refractivity contribution is 5.95. The second-order valence-corrected chi connectivity index (χ2v) is 7.59. The summed E-state index contributed by atoms with van der Waals surface area (Å²) in [7, 11) is 0. The summed E-state index contributed by atoms with van der Waals surface area (Å²) >= 11 is 0. The minimum atomic E-state index is -0.563. The van der Waals surface area contributed by atoms with Crippen molar-refractivity contribution in [3.05, 3.63) is 63.7 Å². The molecule has 0 aliphatic carbocycles. The number of aliphatic hydroxyl groups is 1. The molecule has 32 heavy (non-hydrogen) atoms. The predicted octanol–water partition coefficient (Wildman–Crippen LogP) is 1.70. The molecular weight excluding hydrogens is 414 g/mol. The molecule has 0 saturated heterocycles. The van der Waals surface area contributed by atoms with Crippen LogP contribution in [-0.4, -0.2) is 50.5 Å². The van der Waals surface area contributed by atoms with Crippen molar-refractivity contribution in [2.24, 2.45) is 0 Å². The Morgan fingerprint density at radius 1 is 1.34 bits per heavy atom. The fourth-order valence-electron chi connectivity index (χ4n) is 4.29. The van der Waals surface area contributed by atoms with Crippen molar-refractivity contribution in [2.75, 3.05) is 19.8 Å². The average Bonchev–Trinajstić information content (AvgIpc) is 3.32. The lowest BCUT2D eigenvalue weighted by Crippen LogP contribution is -2.34. The summed E-state index contributed by atoms with van der Waals surface area (Å²) in [6.45, 7) is 3.73. The van der Waals surface area contributed by atoms with Gasteiger partial charge in [0.15, 0.2) is 5.75 Å². The molecule has 0 radical (unpaired) electrons. The van der Waals surface area contributed by atoms with E-state index in [0.29, 0.717) is 28.1 Å². The largest absolute Gasteiger partial charge is 0.488 e. The van der Waals surface area contributed by atoms with Gasteiger partial charge < -0.3 is 24.7 Å². The van der Waals surface area contributed by atoms with Gasteiger partial charge in [-0.1, -0.05) is 11.2 Å². The van der Waals surface area contributed by atoms with Crippen molar-refractivity contribution < 1.29 is 19.2 Å². The van der Waals surface area contributed by atoms with Gasteiger partial charge >= 0.3 is 5.69 Å². The maximum Gasteiger partial charge on any atom is 0.327 e. The number of hydrogen-bond acceptors (Lipinski definition) is 7. The monoisotopic (exact) mass is 435 g/mol. The third kappa shape index (κ3) is 2.99. The molecule has 0 spiro atoms. The van der Waals surface area contributed by atoms with Crippen LogP contribution in [0.25, 0.3) is 22.2 Å². The fraction of sp³-hybridized carbons (Fsp3) is 0.273. The van der Waals surface area contributed by atoms with E-state index >= 15 is 0 Å². The molecule has 164 valence electrons. The summed E-state index contributed by atoms with van der Waals surface area (Å²) in [6, 6.07) is 6.60. The molecule has 1 aliphatic heterocycles. The Bertz CT molecular complexity index is 1380. The van der Waals surface area contributed by atoms with Gasteiger partial charge in [-0.05, 0) is 32.0 Å². The van der Waals surface area contributed by atoms with Crippen LogP contribution in [0, 0.1) is 13.8 Å². The average molecular weight is 435 g/mol. The first kappa shape index (κ1) is 20.0. The number of amides is 1. The lowest BCUT2D eigenvalue weighted by atomic mass is 9.99. The SMILES string of the molecule is Cc1noc(C)c1-c1ccc2[nH]c(=O)n3c2c1OCC3c1cccnc1C(=O)NCCO. The van der Waals surface area contributed by atoms with Crippen LogP contribution < -0.4 is 15.7 Å². The number of nitrogens with one attached hydrogen (secondary N) is 2. The molecule has 10 heteroatoms. The number of carbonyl (C=O) groups is 1. The van der Waals surface area contributed by atoms with E-state index in [1.807, 2.05) is 26.0 Å². The molecule has 3 N–H and O–H groups in total. The number of aromatic amines is 1. The molecular formula is C22H21N5O5. The zero-order valence-corrected chi connectivity index (χ0v) is 17.5. The van der Waals surface area contributed by atoms with Gasteiger partial charge in [0, 0.05) is 23.9 Å². The number of carbonyl (C=O) groups excluding carboxylic acids is 1. The quantitative estimate of drug-likeness (QED) is 0.434. The van der Waals surface area contributed by atoms with E-state index in [9.17, 15) is 9.59 Å². The third-order valence-corrected chi connectivity index (χ3v) is 5.64. The number of hydrogen-bond donors (Lipinski definition) is 3. The van der Waals surface area contributed by atoms with Gasteiger partial charge in [0.1, 0.15) is 29.6 Å². The Hall–Kier alpha value is -3.92. The molecule has 1 atom stereocenters. The topological polar surface area (TPSA) is 135 Å². The Balaban J connectivity index is 1.69. The van der Waals surface area contributed by atoms with Crippen LogP contribution in [-0.2, 0) is 0 Å². The normalized spacial score (nSPS) is 15.0. The van der Waals surface area contributed by atoms with Crippen LogP contribution in [0.15, 0.2) is 39.8 Å². The van der Waals surface area contributed by atoms with E-state index < -0.39 is 11.9 Å². The maximum atomic E-state index is 13.0. The zero-order chi connectivity index (χ0) is 22.4. The molecule has 1 amide bonds. The number of ether oxygens (including phenoxy) is 1. The Morgan fingerprint density at radius 2 is 2.19 bits per heavy atom. The minimum absolute atomic E-state index is 0.105. The van der Waals surface area contributed by atoms with Gasteiger partial charge in [0.2, 0.25) is 0 Å². The minimum Gasteiger partial charge on any atom is -0.488 e. The van der Waals surface area contributed by atoms with E-state index in [2.05, 4.69) is 20.4 Å². The smallest absolute Gasteiger partial charge is 0.327 e. The summed E-state index contributed by atoms with van der Waals surface area (Å²) in [5.41, 5.74) is 3.99. The molecule has 0 saturated carbocycles. The molecule has 1 aliphatic rings. The van der Waals surface area contributed by atoms with E-state index in [-0.39, 0.29) is 31.1 Å². The predicted molar refractivity (Wildman–Crippen MR) is 115 cm³/mol. The molecule has 0 bridgehead atoms. The first-order valence-electron chi connectivity index (χ1n) is 10.2. The lowest BCUT2D eigenvalue weighted by Gasteiger charge is -2.27. The van der Waals surface area contributed by atoms with Crippen LogP contribution >= 0.6 is 0 Å². The van der Waals surface area contributed by atoms with Crippen molar-refractivity contribution in [2.45, 2.75) is 19.9 Å². The highest BCUT2D eigenvalue weighted by Gasteiger charge is 2.32. The number of imidazole rings is 1. The van der Waals surface area contributed by atoms with Crippen LogP contribution in [0.4, 0.5) is 0 Å². The Morgan fingerprint density at radius 3 is 2.94 bits per heavy atom. The van der Waals surface area contributed by atoms with Crippen molar-refractivity contribution in [1.29, 1.82) is 0 Å². The Kier molecular flexibility index (Phi) is 4.78. The highest BCUT2D eigenvalue weighted by Crippen LogP contribution is 2.43. The second-order valence-electron chi connectivity index (χ2n) is 7.59. The van der Waals surface area contributed by atoms with Gasteiger partial charge in [-0.2, -0.15) is 0 Å². The van der Waals surface area contributed by atoms with Gasteiger partial charge in [0.05, 0.1) is 23.4 Å². The third-order valence-electron chi connectivity index (χ3n) is 5.64. The van der Waals surface area contributed by atoms with Crippen LogP contribution in [0.3, 0.4) is 0 Å². The molecule has 4 heterocycles. The number of H-pyrrole nitrogens is 1. The highest BCUT2D eigenvalue weighted by atomic mass is 16.5. The van der Waals surface area contributed by atoms with Gasteiger partial charge in [-0.3, -0.25) is 14.3 Å². The van der Waals surface area contributed by atoms with Gasteiger partial charge in [-0.25, -0.2) is 4.79 Å². The lowest BCUT2D eigenvalue weighted by molar-refractivity contribution is 0.0937. The van der Waals surface area contributed by atoms with E-state index in [4.69, 9.17) is 14.4 Å². The Labute approximate surface area is 181 Å². The van der Waals surface area contributed by atoms with Crippen molar-refractivity contribution in [1.82, 2.24) is 25.0 Å². The first-order chi connectivity index (χ1) is 15.5. The standard InChI is InChI=1S/C22H21N5O5/c1-11-17(12(2)32-26-11)14-5-6-15-19-20(14)31-10-16(27(19)22(30)25-15)13-4-3-7-23-18(13)21(29)24-8-9-28/h3-7,16,28H,8-10H2,1-2H3,(H,24,29)(H,25,30). The zero-order valence-electron chi connectivity index (χ0n) is 17.5. The molecule has 10 nitrogen and oxygen atoms in total. The number of benzene rings is 1. The molecule has 3 aromatic heterocycles. The van der Waals surface area contributed by atoms with E-state index in [1.165, 1.54) is 6.20 Å². The molecule has 4 aromatic rings. The molecule has 0 fully saturated rings. The summed E-state index contributed by atoms with van der Waals surface area (Å²) in [4.78, 5) is 32.7. The van der Waals surface area contributed by atoms with Gasteiger partial charge in [-0.15, -0.1) is 0 Å². The number of aryl methyl sites for hydroxylation is 2. The summed E-state index contributed by atoms with van der Waals surface area (Å²) in [5.74, 6) is 0.787. The number of aromatic nitrogens is 4. The second kappa shape index (κ2) is 7.65. The fourth-order valence-corrected chi connectivity index (χ4v) is 4.29. The van der Waals surface area contributed by atoms with E-state index in [1.54, 1.807) is 16.7 Å². The van der Waals surface area contributed by atoms with Crippen LogP contribution in [0.2, 0.25) is 0 Å². The van der Waals surface area contributed by atoms with Crippen LogP contribution in [0.5, 0.6) is 5.75 Å². The molecule has 1 unspecified atom stereocenters. The number of nitrogens with zero attached hydrogens (tertiary/aromatic N) is 3. The van der Waals surface area contributed by atoms with E-state index in [0.717, 1.165) is 16.8 Å². The number of pyridine rings is 1. The van der Waals surface area contributed by atoms with Crippen molar-refractivity contribution in [3.63, 3.8) is 0 Å². The first-order valence-corrected chi connectivity index (χ1v) is 10.2. The van der Waals surface area contributed by atoms with Crippen molar-refractivity contribution >= 4 is 16.9 Å². The number of aliphatic hydroxyl groups excluding tert-OH is 1. The van der Waals surface area contributed by atoms with Gasteiger partial charge in [0.25, 0.3) is 5.91 Å². The summed E-state index contributed by atoms with van der Waals surface area (Å²) in [6.07, 6.45) is 1.51. The summed E-state index contributed by atoms with van der Waals surface area (Å²) < 4.78 is 13.1. The van der Waals surface area contributed by atoms with Crippen molar-refractivity contribution in [3.8, 4) is 16.9 Å². The van der Waals surface area contributed by atoms with Crippen LogP contribution in [0.1, 0.15) is 33.5 Å². The maximum absolute atomic E-state index is 13.0. The summed E-state index contributed by atoms with van der Waals surface area (Å²) in [5, 5.41) is 15.7. The molecule has 1 aromatic carbocycles. The number of rotatable bonds is 5.